The maximum atomic E-state index is 12.5. The van der Waals surface area contributed by atoms with E-state index in [0.29, 0.717) is 18.8 Å². The highest BCUT2D eigenvalue weighted by Crippen LogP contribution is 2.25. The zero-order valence-corrected chi connectivity index (χ0v) is 18.6. The van der Waals surface area contributed by atoms with Crippen LogP contribution in [0.3, 0.4) is 0 Å². The van der Waals surface area contributed by atoms with E-state index in [1.807, 2.05) is 71.2 Å². The fourth-order valence-corrected chi connectivity index (χ4v) is 3.93. The lowest BCUT2D eigenvalue weighted by atomic mass is 10.2. The third-order valence-electron chi connectivity index (χ3n) is 5.16. The van der Waals surface area contributed by atoms with Crippen LogP contribution >= 0.6 is 15.9 Å². The van der Waals surface area contributed by atoms with Gasteiger partial charge in [-0.1, -0.05) is 46.3 Å². The van der Waals surface area contributed by atoms with Crippen molar-refractivity contribution in [2.45, 2.75) is 32.9 Å². The van der Waals surface area contributed by atoms with Gasteiger partial charge in [0.15, 0.2) is 5.69 Å². The van der Waals surface area contributed by atoms with E-state index in [1.54, 1.807) is 0 Å². The molecule has 4 rings (SSSR count). The van der Waals surface area contributed by atoms with Crippen molar-refractivity contribution in [2.24, 2.45) is 0 Å². The fraction of sp³-hybridized carbons (Fsp3) is 0.304. The molecule has 1 amide bonds. The lowest BCUT2D eigenvalue weighted by Crippen LogP contribution is -2.40. The first kappa shape index (κ1) is 20.6. The SMILES string of the molecule is Cc1cc(C(=O)NN2CCCC2)nn1Cc1cc(Br)ccc1OCc1ccccc1. The molecule has 2 aromatic carbocycles. The lowest BCUT2D eigenvalue weighted by Gasteiger charge is -2.15. The topological polar surface area (TPSA) is 59.4 Å². The summed E-state index contributed by atoms with van der Waals surface area (Å²) in [5.74, 6) is 0.647. The highest BCUT2D eigenvalue weighted by Gasteiger charge is 2.18. The average molecular weight is 469 g/mol. The summed E-state index contributed by atoms with van der Waals surface area (Å²) in [6, 6.07) is 17.9. The summed E-state index contributed by atoms with van der Waals surface area (Å²) in [5, 5.41) is 6.50. The van der Waals surface area contributed by atoms with Gasteiger partial charge in [-0.3, -0.25) is 14.9 Å². The highest BCUT2D eigenvalue weighted by molar-refractivity contribution is 9.10. The van der Waals surface area contributed by atoms with E-state index in [2.05, 4.69) is 26.5 Å². The van der Waals surface area contributed by atoms with Crippen LogP contribution in [0.25, 0.3) is 0 Å². The zero-order valence-electron chi connectivity index (χ0n) is 17.0. The largest absolute Gasteiger partial charge is 0.489 e. The summed E-state index contributed by atoms with van der Waals surface area (Å²) in [5.41, 5.74) is 6.41. The number of hydrogen-bond acceptors (Lipinski definition) is 4. The van der Waals surface area contributed by atoms with Crippen LogP contribution in [0, 0.1) is 6.92 Å². The van der Waals surface area contributed by atoms with E-state index in [9.17, 15) is 4.79 Å². The van der Waals surface area contributed by atoms with Gasteiger partial charge < -0.3 is 4.74 Å². The first-order valence-electron chi connectivity index (χ1n) is 10.1. The first-order chi connectivity index (χ1) is 14.6. The monoisotopic (exact) mass is 468 g/mol. The smallest absolute Gasteiger partial charge is 0.286 e. The number of aromatic nitrogens is 2. The average Bonchev–Trinajstić information content (AvgIpc) is 3.38. The second-order valence-electron chi connectivity index (χ2n) is 7.49. The summed E-state index contributed by atoms with van der Waals surface area (Å²) in [6.07, 6.45) is 2.23. The molecular formula is C23H25BrN4O2. The van der Waals surface area contributed by atoms with E-state index in [4.69, 9.17) is 4.74 Å². The van der Waals surface area contributed by atoms with Gasteiger partial charge in [0.1, 0.15) is 12.4 Å². The molecule has 7 heteroatoms. The van der Waals surface area contributed by atoms with E-state index in [0.717, 1.165) is 53.0 Å². The number of ether oxygens (including phenoxy) is 1. The summed E-state index contributed by atoms with van der Waals surface area (Å²) >= 11 is 3.55. The molecule has 0 bridgehead atoms. The van der Waals surface area contributed by atoms with Crippen molar-refractivity contribution in [3.05, 3.63) is 81.6 Å². The number of benzene rings is 2. The normalized spacial score (nSPS) is 14.1. The van der Waals surface area contributed by atoms with Crippen molar-refractivity contribution in [1.29, 1.82) is 0 Å². The van der Waals surface area contributed by atoms with Crippen molar-refractivity contribution in [3.8, 4) is 5.75 Å². The van der Waals surface area contributed by atoms with E-state index in [1.165, 1.54) is 0 Å². The molecule has 1 aromatic heterocycles. The van der Waals surface area contributed by atoms with Crippen LogP contribution in [0.4, 0.5) is 0 Å². The van der Waals surface area contributed by atoms with E-state index < -0.39 is 0 Å². The standard InChI is InChI=1S/C23H25BrN4O2/c1-17-13-21(23(29)26-27-11-5-6-12-27)25-28(17)15-19-14-20(24)9-10-22(19)30-16-18-7-3-2-4-8-18/h2-4,7-10,13-14H,5-6,11-12,15-16H2,1H3,(H,26,29). The van der Waals surface area contributed by atoms with Gasteiger partial charge in [0.25, 0.3) is 5.91 Å². The highest BCUT2D eigenvalue weighted by atomic mass is 79.9. The molecule has 156 valence electrons. The molecule has 1 aliphatic heterocycles. The Labute approximate surface area is 184 Å². The number of nitrogens with zero attached hydrogens (tertiary/aromatic N) is 3. The molecule has 2 heterocycles. The number of nitrogens with one attached hydrogen (secondary N) is 1. The van der Waals surface area contributed by atoms with Crippen LogP contribution < -0.4 is 10.2 Å². The molecule has 0 radical (unpaired) electrons. The Bertz CT molecular complexity index is 1010. The van der Waals surface area contributed by atoms with Gasteiger partial charge in [0, 0.05) is 28.8 Å². The van der Waals surface area contributed by atoms with Crippen LogP contribution in [0.15, 0.2) is 59.1 Å². The molecule has 30 heavy (non-hydrogen) atoms. The predicted molar refractivity (Wildman–Crippen MR) is 119 cm³/mol. The Hall–Kier alpha value is -2.64. The molecule has 1 aliphatic rings. The number of amides is 1. The van der Waals surface area contributed by atoms with Crippen LogP contribution in [0.5, 0.6) is 5.75 Å². The van der Waals surface area contributed by atoms with Crippen molar-refractivity contribution in [2.75, 3.05) is 13.1 Å². The van der Waals surface area contributed by atoms with Crippen molar-refractivity contribution < 1.29 is 9.53 Å². The Morgan fingerprint density at radius 3 is 2.67 bits per heavy atom. The molecule has 6 nitrogen and oxygen atoms in total. The Kier molecular flexibility index (Phi) is 6.50. The molecular weight excluding hydrogens is 444 g/mol. The molecule has 0 saturated carbocycles. The molecule has 1 N–H and O–H groups in total. The fourth-order valence-electron chi connectivity index (χ4n) is 3.52. The number of halogens is 1. The Balaban J connectivity index is 1.48. The van der Waals surface area contributed by atoms with Gasteiger partial charge in [-0.05, 0) is 49.6 Å². The van der Waals surface area contributed by atoms with Crippen molar-refractivity contribution in [1.82, 2.24) is 20.2 Å². The quantitative estimate of drug-likeness (QED) is 0.560. The second-order valence-corrected chi connectivity index (χ2v) is 8.41. The van der Waals surface area contributed by atoms with E-state index in [-0.39, 0.29) is 5.91 Å². The van der Waals surface area contributed by atoms with Crippen LogP contribution in [-0.2, 0) is 13.2 Å². The Morgan fingerprint density at radius 1 is 1.13 bits per heavy atom. The van der Waals surface area contributed by atoms with Gasteiger partial charge in [0.05, 0.1) is 6.54 Å². The van der Waals surface area contributed by atoms with E-state index >= 15 is 0 Å². The van der Waals surface area contributed by atoms with Gasteiger partial charge >= 0.3 is 0 Å². The maximum Gasteiger partial charge on any atom is 0.286 e. The number of hydrazine groups is 1. The van der Waals surface area contributed by atoms with Crippen LogP contribution in [0.2, 0.25) is 0 Å². The Morgan fingerprint density at radius 2 is 1.90 bits per heavy atom. The number of aryl methyl sites for hydroxylation is 1. The van der Waals surface area contributed by atoms with Crippen molar-refractivity contribution >= 4 is 21.8 Å². The molecule has 1 saturated heterocycles. The number of hydrogen-bond donors (Lipinski definition) is 1. The van der Waals surface area contributed by atoms with Gasteiger partial charge in [-0.15, -0.1) is 0 Å². The maximum absolute atomic E-state index is 12.5. The van der Waals surface area contributed by atoms with Gasteiger partial charge in [0.2, 0.25) is 0 Å². The summed E-state index contributed by atoms with van der Waals surface area (Å²) in [7, 11) is 0. The van der Waals surface area contributed by atoms with Crippen molar-refractivity contribution in [3.63, 3.8) is 0 Å². The summed E-state index contributed by atoms with van der Waals surface area (Å²) < 4.78 is 8.90. The molecule has 3 aromatic rings. The minimum atomic E-state index is -0.159. The number of carbonyl (C=O) groups is 1. The molecule has 0 unspecified atom stereocenters. The molecule has 0 spiro atoms. The van der Waals surface area contributed by atoms with Crippen LogP contribution in [-0.4, -0.2) is 33.8 Å². The van der Waals surface area contributed by atoms with Crippen LogP contribution in [0.1, 0.15) is 40.2 Å². The summed E-state index contributed by atoms with van der Waals surface area (Å²) in [6.45, 7) is 4.77. The second kappa shape index (κ2) is 9.45. The third-order valence-corrected chi connectivity index (χ3v) is 5.65. The number of rotatable bonds is 7. The van der Waals surface area contributed by atoms with Gasteiger partial charge in [-0.2, -0.15) is 5.10 Å². The predicted octanol–water partition coefficient (Wildman–Crippen LogP) is 4.32. The lowest BCUT2D eigenvalue weighted by molar-refractivity contribution is 0.0819. The molecule has 0 aliphatic carbocycles. The third kappa shape index (κ3) is 5.09. The minimum absolute atomic E-state index is 0.159. The van der Waals surface area contributed by atoms with Gasteiger partial charge in [-0.25, -0.2) is 5.01 Å². The zero-order chi connectivity index (χ0) is 20.9. The minimum Gasteiger partial charge on any atom is -0.489 e. The molecule has 1 fully saturated rings. The molecule has 0 atom stereocenters. The summed E-state index contributed by atoms with van der Waals surface area (Å²) in [4.78, 5) is 12.5. The number of carbonyl (C=O) groups excluding carboxylic acids is 1. The first-order valence-corrected chi connectivity index (χ1v) is 10.9.